The van der Waals surface area contributed by atoms with Crippen LogP contribution in [0.2, 0.25) is 0 Å². The molecule has 1 aromatic heterocycles. The summed E-state index contributed by atoms with van der Waals surface area (Å²) in [4.78, 5) is 10.4. The Kier molecular flexibility index (Phi) is 2.37. The molecule has 14 heavy (non-hydrogen) atoms. The molecule has 0 atom stereocenters. The lowest BCUT2D eigenvalue weighted by molar-refractivity contribution is 1.06. The first-order valence-corrected chi connectivity index (χ1v) is 5.05. The predicted octanol–water partition coefficient (Wildman–Crippen LogP) is 2.46. The molecule has 0 aliphatic carbocycles. The van der Waals surface area contributed by atoms with Gasteiger partial charge in [0.15, 0.2) is 0 Å². The van der Waals surface area contributed by atoms with E-state index in [-0.39, 0.29) is 0 Å². The number of fused-ring (bicyclic) bond motifs is 1. The van der Waals surface area contributed by atoms with Gasteiger partial charge in [0.1, 0.15) is 12.1 Å². The van der Waals surface area contributed by atoms with Crippen molar-refractivity contribution in [1.29, 1.82) is 0 Å². The van der Waals surface area contributed by atoms with Gasteiger partial charge in [0.05, 0.1) is 5.52 Å². The monoisotopic (exact) mass is 251 g/mol. The first-order valence-electron chi connectivity index (χ1n) is 4.26. The van der Waals surface area contributed by atoms with Gasteiger partial charge >= 0.3 is 0 Å². The number of benzene rings is 1. The Balaban J connectivity index is 2.77. The molecule has 2 rings (SSSR count). The second-order valence-corrected chi connectivity index (χ2v) is 4.17. The molecule has 72 valence electrons. The third kappa shape index (κ3) is 1.57. The number of halogens is 1. The fraction of sp³-hybridized carbons (Fsp3) is 0.200. The Morgan fingerprint density at radius 3 is 2.71 bits per heavy atom. The lowest BCUT2D eigenvalue weighted by Gasteiger charge is -2.13. The summed E-state index contributed by atoms with van der Waals surface area (Å²) < 4.78 is 1.04. The average Bonchev–Trinajstić information content (AvgIpc) is 2.16. The Bertz CT molecular complexity index is 468. The van der Waals surface area contributed by atoms with E-state index in [1.807, 2.05) is 37.2 Å². The van der Waals surface area contributed by atoms with Gasteiger partial charge in [-0.1, -0.05) is 15.9 Å². The number of aromatic nitrogens is 2. The van der Waals surface area contributed by atoms with Crippen LogP contribution in [-0.2, 0) is 0 Å². The van der Waals surface area contributed by atoms with E-state index in [1.165, 1.54) is 0 Å². The van der Waals surface area contributed by atoms with Crippen molar-refractivity contribution in [2.75, 3.05) is 19.0 Å². The van der Waals surface area contributed by atoms with E-state index in [9.17, 15) is 0 Å². The molecule has 0 radical (unpaired) electrons. The van der Waals surface area contributed by atoms with Gasteiger partial charge in [-0.25, -0.2) is 9.97 Å². The zero-order chi connectivity index (χ0) is 10.1. The van der Waals surface area contributed by atoms with E-state index in [2.05, 4.69) is 25.9 Å². The molecular weight excluding hydrogens is 242 g/mol. The van der Waals surface area contributed by atoms with Crippen molar-refractivity contribution < 1.29 is 0 Å². The van der Waals surface area contributed by atoms with Crippen LogP contribution < -0.4 is 4.90 Å². The molecule has 0 bridgehead atoms. The lowest BCUT2D eigenvalue weighted by atomic mass is 10.2. The molecule has 2 aromatic rings. The van der Waals surface area contributed by atoms with Crippen LogP contribution in [0.25, 0.3) is 10.9 Å². The Hall–Kier alpha value is -1.16. The molecule has 0 amide bonds. The maximum absolute atomic E-state index is 4.24. The topological polar surface area (TPSA) is 29.0 Å². The van der Waals surface area contributed by atoms with Gasteiger partial charge in [-0.3, -0.25) is 0 Å². The third-order valence-corrected chi connectivity index (χ3v) is 2.49. The van der Waals surface area contributed by atoms with Gasteiger partial charge in [-0.05, 0) is 18.2 Å². The normalized spacial score (nSPS) is 10.5. The summed E-state index contributed by atoms with van der Waals surface area (Å²) in [6.45, 7) is 0. The van der Waals surface area contributed by atoms with Gasteiger partial charge in [-0.15, -0.1) is 0 Å². The summed E-state index contributed by atoms with van der Waals surface area (Å²) >= 11 is 3.44. The molecule has 1 heterocycles. The molecule has 3 nitrogen and oxygen atoms in total. The summed E-state index contributed by atoms with van der Waals surface area (Å²) in [7, 11) is 3.95. The average molecular weight is 252 g/mol. The molecule has 0 aliphatic rings. The van der Waals surface area contributed by atoms with Crippen LogP contribution in [0.15, 0.2) is 29.0 Å². The fourth-order valence-electron chi connectivity index (χ4n) is 1.37. The van der Waals surface area contributed by atoms with Crippen molar-refractivity contribution in [3.63, 3.8) is 0 Å². The molecule has 1 aromatic carbocycles. The fourth-order valence-corrected chi connectivity index (χ4v) is 1.73. The van der Waals surface area contributed by atoms with Gasteiger partial charge < -0.3 is 4.90 Å². The van der Waals surface area contributed by atoms with Crippen LogP contribution in [0.3, 0.4) is 0 Å². The van der Waals surface area contributed by atoms with Crippen molar-refractivity contribution in [1.82, 2.24) is 9.97 Å². The third-order valence-electron chi connectivity index (χ3n) is 2.00. The van der Waals surface area contributed by atoms with Gasteiger partial charge in [0.2, 0.25) is 0 Å². The number of hydrogen-bond acceptors (Lipinski definition) is 3. The smallest absolute Gasteiger partial charge is 0.139 e. The zero-order valence-corrected chi connectivity index (χ0v) is 9.62. The number of nitrogens with zero attached hydrogens (tertiary/aromatic N) is 3. The molecule has 0 saturated carbocycles. The minimum absolute atomic E-state index is 0.941. The maximum Gasteiger partial charge on any atom is 0.139 e. The van der Waals surface area contributed by atoms with Crippen LogP contribution in [0.4, 0.5) is 5.82 Å². The van der Waals surface area contributed by atoms with Gasteiger partial charge in [0, 0.05) is 24.0 Å². The minimum Gasteiger partial charge on any atom is -0.362 e. The van der Waals surface area contributed by atoms with Gasteiger partial charge in [-0.2, -0.15) is 0 Å². The largest absolute Gasteiger partial charge is 0.362 e. The maximum atomic E-state index is 4.24. The molecule has 0 aliphatic heterocycles. The Morgan fingerprint density at radius 1 is 1.21 bits per heavy atom. The highest BCUT2D eigenvalue weighted by Crippen LogP contribution is 2.24. The number of anilines is 1. The van der Waals surface area contributed by atoms with E-state index in [4.69, 9.17) is 0 Å². The van der Waals surface area contributed by atoms with Crippen molar-refractivity contribution in [2.45, 2.75) is 0 Å². The summed E-state index contributed by atoms with van der Waals surface area (Å²) in [6.07, 6.45) is 1.59. The van der Waals surface area contributed by atoms with E-state index >= 15 is 0 Å². The Labute approximate surface area is 90.9 Å². The number of hydrogen-bond donors (Lipinski definition) is 0. The minimum atomic E-state index is 0.941. The van der Waals surface area contributed by atoms with Gasteiger partial charge in [0.25, 0.3) is 0 Å². The first-order chi connectivity index (χ1) is 6.68. The first kappa shape index (κ1) is 9.40. The highest BCUT2D eigenvalue weighted by atomic mass is 79.9. The molecule has 0 spiro atoms. The van der Waals surface area contributed by atoms with Crippen molar-refractivity contribution in [3.05, 3.63) is 29.0 Å². The summed E-state index contributed by atoms with van der Waals surface area (Å²) in [5.74, 6) is 0.941. The molecule has 0 saturated heterocycles. The van der Waals surface area contributed by atoms with E-state index in [1.54, 1.807) is 6.33 Å². The highest BCUT2D eigenvalue weighted by molar-refractivity contribution is 9.10. The van der Waals surface area contributed by atoms with Crippen LogP contribution in [0.5, 0.6) is 0 Å². The van der Waals surface area contributed by atoms with Crippen LogP contribution in [-0.4, -0.2) is 24.1 Å². The predicted molar refractivity (Wildman–Crippen MR) is 61.6 cm³/mol. The van der Waals surface area contributed by atoms with Crippen molar-refractivity contribution >= 4 is 32.7 Å². The second-order valence-electron chi connectivity index (χ2n) is 3.25. The summed E-state index contributed by atoms with van der Waals surface area (Å²) in [5, 5.41) is 1.06. The van der Waals surface area contributed by atoms with Crippen LogP contribution >= 0.6 is 15.9 Å². The SMILES string of the molecule is CN(C)c1ncnc2ccc(Br)cc12. The van der Waals surface area contributed by atoms with E-state index in [0.717, 1.165) is 21.2 Å². The summed E-state index contributed by atoms with van der Waals surface area (Å²) in [6, 6.07) is 5.99. The second kappa shape index (κ2) is 3.53. The quantitative estimate of drug-likeness (QED) is 0.780. The highest BCUT2D eigenvalue weighted by Gasteiger charge is 2.04. The van der Waals surface area contributed by atoms with Crippen molar-refractivity contribution in [2.24, 2.45) is 0 Å². The molecule has 0 fully saturated rings. The van der Waals surface area contributed by atoms with Crippen LogP contribution in [0.1, 0.15) is 0 Å². The molecule has 4 heteroatoms. The Morgan fingerprint density at radius 2 is 2.00 bits per heavy atom. The van der Waals surface area contributed by atoms with Crippen LogP contribution in [0, 0.1) is 0 Å². The molecular formula is C10H10BrN3. The molecule has 0 N–H and O–H groups in total. The lowest BCUT2D eigenvalue weighted by Crippen LogP contribution is -2.11. The molecule has 0 unspecified atom stereocenters. The van der Waals surface area contributed by atoms with E-state index < -0.39 is 0 Å². The standard InChI is InChI=1S/C10H10BrN3/c1-14(2)10-8-5-7(11)3-4-9(8)12-6-13-10/h3-6H,1-2H3. The summed E-state index contributed by atoms with van der Waals surface area (Å²) in [5.41, 5.74) is 0.965. The van der Waals surface area contributed by atoms with E-state index in [0.29, 0.717) is 0 Å². The zero-order valence-electron chi connectivity index (χ0n) is 8.03. The van der Waals surface area contributed by atoms with Crippen molar-refractivity contribution in [3.8, 4) is 0 Å². The number of rotatable bonds is 1.